The van der Waals surface area contributed by atoms with Gasteiger partial charge in [-0.1, -0.05) is 30.3 Å². The van der Waals surface area contributed by atoms with E-state index in [2.05, 4.69) is 5.32 Å². The topological polar surface area (TPSA) is 72.2 Å². The molecule has 0 atom stereocenters. The van der Waals surface area contributed by atoms with E-state index in [9.17, 15) is 9.59 Å². The molecular formula is C16H16N2O2. The first-order valence-electron chi connectivity index (χ1n) is 6.41. The number of carbonyl (C=O) groups excluding carboxylic acids is 2. The van der Waals surface area contributed by atoms with Crippen LogP contribution in [0.2, 0.25) is 0 Å². The van der Waals surface area contributed by atoms with Crippen LogP contribution in [0.15, 0.2) is 48.5 Å². The fraction of sp³-hybridized carbons (Fsp3) is 0.125. The molecule has 0 radical (unpaired) electrons. The summed E-state index contributed by atoms with van der Waals surface area (Å²) < 4.78 is 0. The van der Waals surface area contributed by atoms with Crippen LogP contribution in [0.5, 0.6) is 0 Å². The molecule has 0 aliphatic heterocycles. The molecule has 0 saturated heterocycles. The lowest BCUT2D eigenvalue weighted by molar-refractivity contribution is 0.0944. The van der Waals surface area contributed by atoms with Gasteiger partial charge in [0.1, 0.15) is 0 Å². The van der Waals surface area contributed by atoms with Crippen LogP contribution in [0.4, 0.5) is 5.69 Å². The molecule has 1 amide bonds. The Balaban J connectivity index is 2.46. The molecule has 0 spiro atoms. The van der Waals surface area contributed by atoms with Gasteiger partial charge in [-0.25, -0.2) is 0 Å². The molecule has 4 heteroatoms. The molecule has 0 heterocycles. The van der Waals surface area contributed by atoms with Crippen molar-refractivity contribution in [1.82, 2.24) is 5.32 Å². The molecular weight excluding hydrogens is 252 g/mol. The highest BCUT2D eigenvalue weighted by atomic mass is 16.2. The largest absolute Gasteiger partial charge is 0.398 e. The number of ketones is 1. The maximum Gasteiger partial charge on any atom is 0.252 e. The second-order valence-corrected chi connectivity index (χ2v) is 4.32. The first kappa shape index (κ1) is 13.8. The minimum atomic E-state index is -0.258. The van der Waals surface area contributed by atoms with Crippen molar-refractivity contribution in [3.8, 4) is 0 Å². The number of para-hydroxylation sites is 1. The molecule has 0 fully saturated rings. The molecule has 2 aromatic rings. The average molecular weight is 268 g/mol. The van der Waals surface area contributed by atoms with Crippen LogP contribution in [-0.4, -0.2) is 18.2 Å². The Hall–Kier alpha value is -2.62. The predicted molar refractivity (Wildman–Crippen MR) is 78.7 cm³/mol. The normalized spacial score (nSPS) is 10.1. The van der Waals surface area contributed by atoms with Gasteiger partial charge in [0.25, 0.3) is 5.91 Å². The molecule has 20 heavy (non-hydrogen) atoms. The van der Waals surface area contributed by atoms with Gasteiger partial charge in [0.2, 0.25) is 0 Å². The minimum absolute atomic E-state index is 0.245. The standard InChI is InChI=1S/C16H16N2O2/c1-2-18-16(20)12-8-4-3-7-11(12)15(19)13-9-5-6-10-14(13)17/h3-10H,2,17H2,1H3,(H,18,20). The zero-order chi connectivity index (χ0) is 14.5. The number of nitrogens with two attached hydrogens (primary N) is 1. The van der Waals surface area contributed by atoms with Crippen molar-refractivity contribution in [2.75, 3.05) is 12.3 Å². The highest BCUT2D eigenvalue weighted by molar-refractivity contribution is 6.17. The van der Waals surface area contributed by atoms with Crippen LogP contribution in [0.1, 0.15) is 33.2 Å². The second kappa shape index (κ2) is 6.02. The van der Waals surface area contributed by atoms with Crippen LogP contribution in [-0.2, 0) is 0 Å². The van der Waals surface area contributed by atoms with E-state index in [1.54, 1.807) is 48.5 Å². The number of anilines is 1. The van der Waals surface area contributed by atoms with Crippen molar-refractivity contribution >= 4 is 17.4 Å². The quantitative estimate of drug-likeness (QED) is 0.660. The van der Waals surface area contributed by atoms with E-state index in [1.165, 1.54) is 0 Å². The Morgan fingerprint density at radius 1 is 0.950 bits per heavy atom. The van der Waals surface area contributed by atoms with Crippen molar-refractivity contribution in [2.45, 2.75) is 6.92 Å². The molecule has 2 rings (SSSR count). The zero-order valence-corrected chi connectivity index (χ0v) is 11.2. The lowest BCUT2D eigenvalue weighted by Gasteiger charge is -2.09. The van der Waals surface area contributed by atoms with E-state index in [-0.39, 0.29) is 11.7 Å². The van der Waals surface area contributed by atoms with Gasteiger partial charge in [-0.15, -0.1) is 0 Å². The summed E-state index contributed by atoms with van der Waals surface area (Å²) in [7, 11) is 0. The number of nitrogen functional groups attached to an aromatic ring is 1. The van der Waals surface area contributed by atoms with Crippen molar-refractivity contribution in [3.63, 3.8) is 0 Å². The smallest absolute Gasteiger partial charge is 0.252 e. The van der Waals surface area contributed by atoms with E-state index < -0.39 is 0 Å². The zero-order valence-electron chi connectivity index (χ0n) is 11.2. The van der Waals surface area contributed by atoms with Gasteiger partial charge in [-0.2, -0.15) is 0 Å². The molecule has 0 saturated carbocycles. The van der Waals surface area contributed by atoms with Gasteiger partial charge >= 0.3 is 0 Å². The Bertz CT molecular complexity index is 650. The van der Waals surface area contributed by atoms with Crippen molar-refractivity contribution < 1.29 is 9.59 Å². The van der Waals surface area contributed by atoms with E-state index in [1.807, 2.05) is 6.92 Å². The number of carbonyl (C=O) groups is 2. The van der Waals surface area contributed by atoms with Crippen molar-refractivity contribution in [1.29, 1.82) is 0 Å². The SMILES string of the molecule is CCNC(=O)c1ccccc1C(=O)c1ccccc1N. The van der Waals surface area contributed by atoms with Gasteiger partial charge in [-0.05, 0) is 25.1 Å². The predicted octanol–water partition coefficient (Wildman–Crippen LogP) is 2.25. The summed E-state index contributed by atoms with van der Waals surface area (Å²) in [4.78, 5) is 24.5. The first-order chi connectivity index (χ1) is 9.65. The summed E-state index contributed by atoms with van der Waals surface area (Å²) >= 11 is 0. The van der Waals surface area contributed by atoms with Crippen LogP contribution in [0.3, 0.4) is 0 Å². The van der Waals surface area contributed by atoms with Gasteiger partial charge < -0.3 is 11.1 Å². The molecule has 0 aliphatic carbocycles. The molecule has 2 aromatic carbocycles. The van der Waals surface area contributed by atoms with E-state index in [0.29, 0.717) is 28.9 Å². The summed E-state index contributed by atoms with van der Waals surface area (Å²) in [5, 5.41) is 2.70. The molecule has 0 aromatic heterocycles. The summed E-state index contributed by atoms with van der Waals surface area (Å²) in [5.74, 6) is -0.504. The summed E-state index contributed by atoms with van der Waals surface area (Å²) in [6.45, 7) is 2.34. The van der Waals surface area contributed by atoms with Gasteiger partial charge in [-0.3, -0.25) is 9.59 Å². The van der Waals surface area contributed by atoms with E-state index >= 15 is 0 Å². The fourth-order valence-corrected chi connectivity index (χ4v) is 1.98. The molecule has 0 aliphatic rings. The van der Waals surface area contributed by atoms with E-state index in [4.69, 9.17) is 5.73 Å². The maximum absolute atomic E-state index is 12.5. The number of benzene rings is 2. The van der Waals surface area contributed by atoms with Gasteiger partial charge in [0.15, 0.2) is 5.78 Å². The lowest BCUT2D eigenvalue weighted by Crippen LogP contribution is -2.25. The number of nitrogens with one attached hydrogen (secondary N) is 1. The minimum Gasteiger partial charge on any atom is -0.398 e. The Morgan fingerprint density at radius 2 is 1.50 bits per heavy atom. The number of amides is 1. The number of hydrogen-bond acceptors (Lipinski definition) is 3. The first-order valence-corrected chi connectivity index (χ1v) is 6.41. The molecule has 0 unspecified atom stereocenters. The van der Waals surface area contributed by atoms with Crippen LogP contribution < -0.4 is 11.1 Å². The average Bonchev–Trinajstić information content (AvgIpc) is 2.47. The summed E-state index contributed by atoms with van der Waals surface area (Å²) in [6.07, 6.45) is 0. The Labute approximate surface area is 117 Å². The Kier molecular flexibility index (Phi) is 4.15. The van der Waals surface area contributed by atoms with Gasteiger partial charge in [0, 0.05) is 23.4 Å². The second-order valence-electron chi connectivity index (χ2n) is 4.32. The van der Waals surface area contributed by atoms with Crippen molar-refractivity contribution in [3.05, 3.63) is 65.2 Å². The molecule has 102 valence electrons. The van der Waals surface area contributed by atoms with Crippen molar-refractivity contribution in [2.24, 2.45) is 0 Å². The number of rotatable bonds is 4. The lowest BCUT2D eigenvalue weighted by atomic mass is 9.97. The summed E-state index contributed by atoms with van der Waals surface area (Å²) in [5.41, 5.74) is 7.36. The molecule has 0 bridgehead atoms. The molecule has 4 nitrogen and oxygen atoms in total. The van der Waals surface area contributed by atoms with E-state index in [0.717, 1.165) is 0 Å². The third-order valence-corrected chi connectivity index (χ3v) is 2.96. The number of hydrogen-bond donors (Lipinski definition) is 2. The third kappa shape index (κ3) is 2.69. The van der Waals surface area contributed by atoms with Crippen LogP contribution in [0.25, 0.3) is 0 Å². The molecule has 3 N–H and O–H groups in total. The third-order valence-electron chi connectivity index (χ3n) is 2.96. The highest BCUT2D eigenvalue weighted by Gasteiger charge is 2.18. The Morgan fingerprint density at radius 3 is 2.10 bits per heavy atom. The maximum atomic E-state index is 12.5. The van der Waals surface area contributed by atoms with Crippen LogP contribution >= 0.6 is 0 Å². The van der Waals surface area contributed by atoms with Crippen LogP contribution in [0, 0.1) is 0 Å². The fourth-order valence-electron chi connectivity index (χ4n) is 1.98. The summed E-state index contributed by atoms with van der Waals surface area (Å²) in [6, 6.07) is 13.6. The highest BCUT2D eigenvalue weighted by Crippen LogP contribution is 2.19. The monoisotopic (exact) mass is 268 g/mol. The van der Waals surface area contributed by atoms with Gasteiger partial charge in [0.05, 0.1) is 5.56 Å².